The molecule has 0 aliphatic rings. The maximum atomic E-state index is 12.4. The van der Waals surface area contributed by atoms with Gasteiger partial charge in [-0.25, -0.2) is 9.67 Å². The van der Waals surface area contributed by atoms with Gasteiger partial charge in [0.25, 0.3) is 5.91 Å². The Morgan fingerprint density at radius 1 is 1.04 bits per heavy atom. The van der Waals surface area contributed by atoms with Crippen LogP contribution in [0.2, 0.25) is 5.02 Å². The van der Waals surface area contributed by atoms with Gasteiger partial charge < -0.3 is 5.32 Å². The normalized spacial score (nSPS) is 10.9. The van der Waals surface area contributed by atoms with E-state index in [1.165, 1.54) is 0 Å². The number of aromatic nitrogens is 3. The zero-order valence-corrected chi connectivity index (χ0v) is 15.2. The summed E-state index contributed by atoms with van der Waals surface area (Å²) in [7, 11) is 0. The van der Waals surface area contributed by atoms with E-state index in [0.29, 0.717) is 23.7 Å². The van der Waals surface area contributed by atoms with Crippen LogP contribution in [0.3, 0.4) is 0 Å². The van der Waals surface area contributed by atoms with E-state index < -0.39 is 0 Å². The van der Waals surface area contributed by atoms with Crippen LogP contribution in [0.5, 0.6) is 0 Å². The fourth-order valence-electron chi connectivity index (χ4n) is 2.89. The molecule has 5 nitrogen and oxygen atoms in total. The molecule has 0 saturated carbocycles. The van der Waals surface area contributed by atoms with Crippen molar-refractivity contribution in [3.05, 3.63) is 94.8 Å². The molecule has 2 aromatic carbocycles. The molecule has 0 aliphatic heterocycles. The minimum absolute atomic E-state index is 0.194. The van der Waals surface area contributed by atoms with Crippen LogP contribution in [0.4, 0.5) is 0 Å². The highest BCUT2D eigenvalue weighted by Crippen LogP contribution is 2.16. The van der Waals surface area contributed by atoms with Crippen molar-refractivity contribution in [1.29, 1.82) is 0 Å². The summed E-state index contributed by atoms with van der Waals surface area (Å²) < 4.78 is 1.83. The molecular weight excluding hydrogens is 360 g/mol. The number of nitrogens with zero attached hydrogens (tertiary/aromatic N) is 3. The van der Waals surface area contributed by atoms with Crippen LogP contribution in [0.25, 0.3) is 11.0 Å². The molecule has 1 amide bonds. The summed E-state index contributed by atoms with van der Waals surface area (Å²) in [5.41, 5.74) is 3.26. The molecule has 0 fully saturated rings. The number of benzene rings is 2. The lowest BCUT2D eigenvalue weighted by atomic mass is 10.2. The van der Waals surface area contributed by atoms with E-state index in [1.54, 1.807) is 24.5 Å². The average Bonchev–Trinajstić information content (AvgIpc) is 3.10. The minimum Gasteiger partial charge on any atom is -0.348 e. The highest BCUT2D eigenvalue weighted by atomic mass is 35.5. The molecule has 4 rings (SSSR count). The highest BCUT2D eigenvalue weighted by molar-refractivity contribution is 6.31. The van der Waals surface area contributed by atoms with Crippen LogP contribution in [-0.4, -0.2) is 20.7 Å². The number of hydrogen-bond acceptors (Lipinski definition) is 3. The summed E-state index contributed by atoms with van der Waals surface area (Å²) in [5.74, 6) is -0.194. The lowest BCUT2D eigenvalue weighted by Gasteiger charge is -2.07. The molecule has 134 valence electrons. The summed E-state index contributed by atoms with van der Waals surface area (Å²) >= 11 is 6.13. The van der Waals surface area contributed by atoms with Gasteiger partial charge in [-0.15, -0.1) is 0 Å². The van der Waals surface area contributed by atoms with Crippen molar-refractivity contribution in [2.45, 2.75) is 13.1 Å². The number of rotatable bonds is 5. The van der Waals surface area contributed by atoms with E-state index in [0.717, 1.165) is 22.2 Å². The Morgan fingerprint density at radius 3 is 2.63 bits per heavy atom. The molecule has 0 spiro atoms. The first kappa shape index (κ1) is 17.2. The molecule has 0 atom stereocenters. The number of carbonyl (C=O) groups excluding carboxylic acids is 1. The first-order valence-electron chi connectivity index (χ1n) is 8.58. The van der Waals surface area contributed by atoms with Gasteiger partial charge >= 0.3 is 0 Å². The Kier molecular flexibility index (Phi) is 4.85. The molecule has 0 bridgehead atoms. The zero-order chi connectivity index (χ0) is 18.6. The van der Waals surface area contributed by atoms with Crippen molar-refractivity contribution >= 4 is 28.5 Å². The molecule has 2 aromatic heterocycles. The van der Waals surface area contributed by atoms with Gasteiger partial charge in [0.05, 0.1) is 18.3 Å². The second kappa shape index (κ2) is 7.60. The number of halogens is 1. The molecule has 27 heavy (non-hydrogen) atoms. The van der Waals surface area contributed by atoms with Crippen molar-refractivity contribution in [3.63, 3.8) is 0 Å². The Bertz CT molecular complexity index is 1090. The summed E-state index contributed by atoms with van der Waals surface area (Å²) in [6.45, 7) is 0.999. The molecule has 6 heteroatoms. The minimum atomic E-state index is -0.194. The number of pyridine rings is 1. The topological polar surface area (TPSA) is 59.8 Å². The van der Waals surface area contributed by atoms with Crippen LogP contribution >= 0.6 is 11.6 Å². The zero-order valence-electron chi connectivity index (χ0n) is 14.5. The highest BCUT2D eigenvalue weighted by Gasteiger charge is 2.11. The van der Waals surface area contributed by atoms with Gasteiger partial charge in [0, 0.05) is 23.2 Å². The Labute approximate surface area is 161 Å². The Balaban J connectivity index is 1.50. The van der Waals surface area contributed by atoms with E-state index in [2.05, 4.69) is 15.4 Å². The summed E-state index contributed by atoms with van der Waals surface area (Å²) in [4.78, 5) is 16.9. The van der Waals surface area contributed by atoms with E-state index in [-0.39, 0.29) is 5.91 Å². The lowest BCUT2D eigenvalue weighted by Crippen LogP contribution is -2.23. The van der Waals surface area contributed by atoms with Gasteiger partial charge in [-0.05, 0) is 23.3 Å². The lowest BCUT2D eigenvalue weighted by molar-refractivity contribution is 0.0950. The van der Waals surface area contributed by atoms with Gasteiger partial charge in [-0.2, -0.15) is 5.10 Å². The van der Waals surface area contributed by atoms with Crippen molar-refractivity contribution in [2.75, 3.05) is 0 Å². The van der Waals surface area contributed by atoms with Gasteiger partial charge in [0.15, 0.2) is 5.65 Å². The maximum absolute atomic E-state index is 12.4. The summed E-state index contributed by atoms with van der Waals surface area (Å²) in [5, 5.41) is 8.74. The fourth-order valence-corrected chi connectivity index (χ4v) is 3.09. The molecule has 1 N–H and O–H groups in total. The van der Waals surface area contributed by atoms with E-state index in [4.69, 9.17) is 11.6 Å². The molecule has 2 heterocycles. The summed E-state index contributed by atoms with van der Waals surface area (Å²) in [6, 6.07) is 19.3. The smallest absolute Gasteiger partial charge is 0.253 e. The van der Waals surface area contributed by atoms with Gasteiger partial charge in [-0.1, -0.05) is 60.1 Å². The molecule has 0 saturated heterocycles. The standard InChI is InChI=1S/C21H17ClN4O/c22-19-9-5-4-8-16(19)11-24-21(27)18-10-17-13-25-26(20(17)23-12-18)14-15-6-2-1-3-7-15/h1-10,12-13H,11,14H2,(H,24,27). The van der Waals surface area contributed by atoms with Crippen LogP contribution < -0.4 is 5.32 Å². The van der Waals surface area contributed by atoms with Crippen LogP contribution in [-0.2, 0) is 13.1 Å². The van der Waals surface area contributed by atoms with Gasteiger partial charge in [0.2, 0.25) is 0 Å². The quantitative estimate of drug-likeness (QED) is 0.571. The molecular formula is C21H17ClN4O. The maximum Gasteiger partial charge on any atom is 0.253 e. The number of hydrogen-bond donors (Lipinski definition) is 1. The van der Waals surface area contributed by atoms with E-state index in [1.807, 2.05) is 53.2 Å². The van der Waals surface area contributed by atoms with E-state index >= 15 is 0 Å². The number of fused-ring (bicyclic) bond motifs is 1. The predicted molar refractivity (Wildman–Crippen MR) is 106 cm³/mol. The van der Waals surface area contributed by atoms with Crippen molar-refractivity contribution < 1.29 is 4.79 Å². The number of nitrogens with one attached hydrogen (secondary N) is 1. The molecule has 4 aromatic rings. The SMILES string of the molecule is O=C(NCc1ccccc1Cl)c1cnc2c(cnn2Cc2ccccc2)c1. The summed E-state index contributed by atoms with van der Waals surface area (Å²) in [6.07, 6.45) is 3.31. The van der Waals surface area contributed by atoms with E-state index in [9.17, 15) is 4.79 Å². The van der Waals surface area contributed by atoms with Crippen molar-refractivity contribution in [2.24, 2.45) is 0 Å². The third-order valence-corrected chi connectivity index (χ3v) is 4.68. The Morgan fingerprint density at radius 2 is 1.81 bits per heavy atom. The van der Waals surface area contributed by atoms with Crippen molar-refractivity contribution in [3.8, 4) is 0 Å². The van der Waals surface area contributed by atoms with Crippen molar-refractivity contribution in [1.82, 2.24) is 20.1 Å². The van der Waals surface area contributed by atoms with Crippen LogP contribution in [0.1, 0.15) is 21.5 Å². The Hall–Kier alpha value is -3.18. The second-order valence-corrected chi connectivity index (χ2v) is 6.61. The monoisotopic (exact) mass is 376 g/mol. The fraction of sp³-hybridized carbons (Fsp3) is 0.0952. The first-order valence-corrected chi connectivity index (χ1v) is 8.95. The largest absolute Gasteiger partial charge is 0.348 e. The molecule has 0 radical (unpaired) electrons. The van der Waals surface area contributed by atoms with Gasteiger partial charge in [0.1, 0.15) is 0 Å². The predicted octanol–water partition coefficient (Wildman–Crippen LogP) is 4.06. The molecule has 0 aliphatic carbocycles. The number of carbonyl (C=O) groups is 1. The molecule has 0 unspecified atom stereocenters. The third-order valence-electron chi connectivity index (χ3n) is 4.31. The third kappa shape index (κ3) is 3.83. The van der Waals surface area contributed by atoms with Gasteiger partial charge in [-0.3, -0.25) is 4.79 Å². The van der Waals surface area contributed by atoms with Crippen LogP contribution in [0, 0.1) is 0 Å². The van der Waals surface area contributed by atoms with Crippen LogP contribution in [0.15, 0.2) is 73.1 Å². The average molecular weight is 377 g/mol. The first-order chi connectivity index (χ1) is 13.2. The number of amides is 1. The second-order valence-electron chi connectivity index (χ2n) is 6.20.